The maximum Gasteiger partial charge on any atom is 0.159 e. The molecule has 0 fully saturated rings. The molecule has 86 valence electrons. The van der Waals surface area contributed by atoms with Crippen LogP contribution in [0.15, 0.2) is 18.2 Å². The summed E-state index contributed by atoms with van der Waals surface area (Å²) in [5.74, 6) is -0.457. The SMILES string of the molecule is C.CC(=O)c1cc(C(C)=O)cc(C(C)=O)c1. The average molecular weight is 220 g/mol. The van der Waals surface area contributed by atoms with Crippen LogP contribution in [0.4, 0.5) is 0 Å². The van der Waals surface area contributed by atoms with E-state index in [0.29, 0.717) is 16.7 Å². The average Bonchev–Trinajstić information content (AvgIpc) is 2.16. The van der Waals surface area contributed by atoms with Gasteiger partial charge in [-0.25, -0.2) is 0 Å². The van der Waals surface area contributed by atoms with Crippen LogP contribution in [0.25, 0.3) is 0 Å². The van der Waals surface area contributed by atoms with Crippen LogP contribution >= 0.6 is 0 Å². The summed E-state index contributed by atoms with van der Waals surface area (Å²) in [4.78, 5) is 33.5. The minimum absolute atomic E-state index is 0. The van der Waals surface area contributed by atoms with Crippen LogP contribution in [0, 0.1) is 0 Å². The molecule has 16 heavy (non-hydrogen) atoms. The molecule has 3 heteroatoms. The first-order chi connectivity index (χ1) is 6.91. The predicted octanol–water partition coefficient (Wildman–Crippen LogP) is 2.93. The van der Waals surface area contributed by atoms with Crippen molar-refractivity contribution in [1.82, 2.24) is 0 Å². The number of Topliss-reactive ketones (excluding diaryl/α,β-unsaturated/α-hetero) is 3. The fourth-order valence-corrected chi connectivity index (χ4v) is 1.24. The quantitative estimate of drug-likeness (QED) is 0.736. The maximum absolute atomic E-state index is 11.2. The van der Waals surface area contributed by atoms with E-state index in [9.17, 15) is 14.4 Å². The lowest BCUT2D eigenvalue weighted by molar-refractivity contribution is 0.101. The second-order valence-corrected chi connectivity index (χ2v) is 3.47. The molecule has 0 radical (unpaired) electrons. The van der Waals surface area contributed by atoms with Gasteiger partial charge in [-0.1, -0.05) is 7.43 Å². The van der Waals surface area contributed by atoms with Crippen molar-refractivity contribution in [2.24, 2.45) is 0 Å². The first-order valence-corrected chi connectivity index (χ1v) is 4.59. The fraction of sp³-hybridized carbons (Fsp3) is 0.308. The molecule has 0 aliphatic carbocycles. The van der Waals surface area contributed by atoms with Crippen LogP contribution in [0.5, 0.6) is 0 Å². The lowest BCUT2D eigenvalue weighted by atomic mass is 10.00. The van der Waals surface area contributed by atoms with Gasteiger partial charge in [-0.05, 0) is 39.0 Å². The molecule has 0 spiro atoms. The Morgan fingerprint density at radius 3 is 1.00 bits per heavy atom. The Balaban J connectivity index is 0.00000225. The topological polar surface area (TPSA) is 51.2 Å². The largest absolute Gasteiger partial charge is 0.295 e. The van der Waals surface area contributed by atoms with E-state index in [1.54, 1.807) is 0 Å². The van der Waals surface area contributed by atoms with E-state index in [4.69, 9.17) is 0 Å². The van der Waals surface area contributed by atoms with Crippen LogP contribution < -0.4 is 0 Å². The Hall–Kier alpha value is -1.77. The Morgan fingerprint density at radius 1 is 0.688 bits per heavy atom. The molecule has 0 bridgehead atoms. The summed E-state index contributed by atoms with van der Waals surface area (Å²) in [6, 6.07) is 4.53. The lowest BCUT2D eigenvalue weighted by Gasteiger charge is -2.03. The van der Waals surface area contributed by atoms with Crippen molar-refractivity contribution in [1.29, 1.82) is 0 Å². The highest BCUT2D eigenvalue weighted by Gasteiger charge is 2.09. The number of carbonyl (C=O) groups is 3. The number of hydrogen-bond acceptors (Lipinski definition) is 3. The standard InChI is InChI=1S/C12H12O3.CH4/c1-7(13)10-4-11(8(2)14)6-12(5-10)9(3)15;/h4-6H,1-3H3;1H4. The Labute approximate surface area is 95.5 Å². The molecule has 1 aromatic rings. The minimum Gasteiger partial charge on any atom is -0.295 e. The molecular formula is C13H16O3. The third-order valence-corrected chi connectivity index (χ3v) is 2.15. The van der Waals surface area contributed by atoms with Gasteiger partial charge in [0, 0.05) is 16.7 Å². The van der Waals surface area contributed by atoms with E-state index in [1.165, 1.54) is 39.0 Å². The molecule has 0 unspecified atom stereocenters. The summed E-state index contributed by atoms with van der Waals surface area (Å²) < 4.78 is 0. The molecule has 0 amide bonds. The van der Waals surface area contributed by atoms with Crippen LogP contribution in [0.1, 0.15) is 59.3 Å². The minimum atomic E-state index is -0.152. The van der Waals surface area contributed by atoms with Crippen LogP contribution in [0.3, 0.4) is 0 Å². The summed E-state index contributed by atoms with van der Waals surface area (Å²) in [7, 11) is 0. The van der Waals surface area contributed by atoms with E-state index in [0.717, 1.165) is 0 Å². The molecule has 0 aromatic heterocycles. The number of rotatable bonds is 3. The van der Waals surface area contributed by atoms with Gasteiger partial charge in [0.15, 0.2) is 17.3 Å². The smallest absolute Gasteiger partial charge is 0.159 e. The van der Waals surface area contributed by atoms with Gasteiger partial charge in [0.05, 0.1) is 0 Å². The van der Waals surface area contributed by atoms with E-state index in [2.05, 4.69) is 0 Å². The Bertz CT molecular complexity index is 365. The van der Waals surface area contributed by atoms with Gasteiger partial charge in [0.1, 0.15) is 0 Å². The molecule has 0 aliphatic heterocycles. The van der Waals surface area contributed by atoms with Gasteiger partial charge in [-0.2, -0.15) is 0 Å². The predicted molar refractivity (Wildman–Crippen MR) is 63.2 cm³/mol. The summed E-state index contributed by atoms with van der Waals surface area (Å²) >= 11 is 0. The van der Waals surface area contributed by atoms with Gasteiger partial charge in [-0.15, -0.1) is 0 Å². The zero-order valence-electron chi connectivity index (χ0n) is 8.96. The summed E-state index contributed by atoms with van der Waals surface area (Å²) in [5, 5.41) is 0. The molecule has 1 aromatic carbocycles. The van der Waals surface area contributed by atoms with Crippen molar-refractivity contribution in [3.8, 4) is 0 Å². The van der Waals surface area contributed by atoms with Crippen molar-refractivity contribution in [3.63, 3.8) is 0 Å². The number of ketones is 3. The second kappa shape index (κ2) is 5.35. The van der Waals surface area contributed by atoms with E-state index in [-0.39, 0.29) is 24.8 Å². The lowest BCUT2D eigenvalue weighted by Crippen LogP contribution is -2.03. The van der Waals surface area contributed by atoms with Gasteiger partial charge < -0.3 is 0 Å². The summed E-state index contributed by atoms with van der Waals surface area (Å²) in [6.45, 7) is 4.22. The normalized spacial score (nSPS) is 9.19. The maximum atomic E-state index is 11.2. The first-order valence-electron chi connectivity index (χ1n) is 4.59. The number of hydrogen-bond donors (Lipinski definition) is 0. The summed E-state index contributed by atoms with van der Waals surface area (Å²) in [5.41, 5.74) is 1.19. The zero-order valence-corrected chi connectivity index (χ0v) is 8.96. The highest BCUT2D eigenvalue weighted by Crippen LogP contribution is 2.12. The monoisotopic (exact) mass is 220 g/mol. The van der Waals surface area contributed by atoms with E-state index >= 15 is 0 Å². The number of benzene rings is 1. The van der Waals surface area contributed by atoms with E-state index in [1.807, 2.05) is 0 Å². The molecule has 0 aliphatic rings. The summed E-state index contributed by atoms with van der Waals surface area (Å²) in [6.07, 6.45) is 0. The number of carbonyl (C=O) groups excluding carboxylic acids is 3. The Morgan fingerprint density at radius 2 is 0.875 bits per heavy atom. The van der Waals surface area contributed by atoms with Crippen molar-refractivity contribution in [2.45, 2.75) is 28.2 Å². The fourth-order valence-electron chi connectivity index (χ4n) is 1.24. The molecular weight excluding hydrogens is 204 g/mol. The molecule has 0 atom stereocenters. The van der Waals surface area contributed by atoms with Crippen molar-refractivity contribution in [3.05, 3.63) is 34.9 Å². The van der Waals surface area contributed by atoms with Crippen molar-refractivity contribution >= 4 is 17.3 Å². The van der Waals surface area contributed by atoms with Gasteiger partial charge in [0.25, 0.3) is 0 Å². The van der Waals surface area contributed by atoms with Crippen LogP contribution in [-0.4, -0.2) is 17.3 Å². The van der Waals surface area contributed by atoms with Crippen molar-refractivity contribution < 1.29 is 14.4 Å². The highest BCUT2D eigenvalue weighted by molar-refractivity contribution is 6.04. The molecule has 0 heterocycles. The second-order valence-electron chi connectivity index (χ2n) is 3.47. The van der Waals surface area contributed by atoms with Gasteiger partial charge in [-0.3, -0.25) is 14.4 Å². The molecule has 0 saturated heterocycles. The van der Waals surface area contributed by atoms with Crippen LogP contribution in [0.2, 0.25) is 0 Å². The van der Waals surface area contributed by atoms with Crippen LogP contribution in [-0.2, 0) is 0 Å². The zero-order chi connectivity index (χ0) is 11.6. The molecule has 0 N–H and O–H groups in total. The van der Waals surface area contributed by atoms with E-state index < -0.39 is 0 Å². The van der Waals surface area contributed by atoms with Gasteiger partial charge in [0.2, 0.25) is 0 Å². The third kappa shape index (κ3) is 3.12. The third-order valence-electron chi connectivity index (χ3n) is 2.15. The molecule has 3 nitrogen and oxygen atoms in total. The molecule has 0 saturated carbocycles. The highest BCUT2D eigenvalue weighted by atomic mass is 16.1. The Kier molecular flexibility index (Phi) is 4.76. The van der Waals surface area contributed by atoms with Gasteiger partial charge >= 0.3 is 0 Å². The van der Waals surface area contributed by atoms with Crippen molar-refractivity contribution in [2.75, 3.05) is 0 Å². The first kappa shape index (κ1) is 14.2. The molecule has 1 rings (SSSR count).